The van der Waals surface area contributed by atoms with Crippen LogP contribution in [0.5, 0.6) is 5.75 Å². The van der Waals surface area contributed by atoms with E-state index in [1.54, 1.807) is 18.2 Å². The molecular weight excluding hydrogens is 246 g/mol. The first-order valence-electron chi connectivity index (χ1n) is 4.27. The lowest BCUT2D eigenvalue weighted by Gasteiger charge is -2.13. The summed E-state index contributed by atoms with van der Waals surface area (Å²) in [6.45, 7) is 3.79. The van der Waals surface area contributed by atoms with Gasteiger partial charge in [0.1, 0.15) is 5.75 Å². The van der Waals surface area contributed by atoms with Gasteiger partial charge < -0.3 is 10.5 Å². The Labute approximate surface area is 91.4 Å². The number of primary amides is 1. The summed E-state index contributed by atoms with van der Waals surface area (Å²) < 4.78 is 6.11. The predicted molar refractivity (Wildman–Crippen MR) is 58.4 cm³/mol. The van der Waals surface area contributed by atoms with Gasteiger partial charge in [-0.15, -0.1) is 0 Å². The largest absolute Gasteiger partial charge is 0.490 e. The first-order chi connectivity index (χ1) is 6.52. The number of ether oxygens (including phenoxy) is 1. The summed E-state index contributed by atoms with van der Waals surface area (Å²) in [6.07, 6.45) is 0.0161. The Morgan fingerprint density at radius 3 is 2.64 bits per heavy atom. The molecule has 0 saturated carbocycles. The van der Waals surface area contributed by atoms with Crippen LogP contribution in [0.4, 0.5) is 0 Å². The van der Waals surface area contributed by atoms with Gasteiger partial charge in [-0.25, -0.2) is 0 Å². The van der Waals surface area contributed by atoms with E-state index in [-0.39, 0.29) is 6.10 Å². The van der Waals surface area contributed by atoms with Gasteiger partial charge in [0.05, 0.1) is 11.7 Å². The van der Waals surface area contributed by atoms with Crippen LogP contribution in [-0.2, 0) is 0 Å². The van der Waals surface area contributed by atoms with Gasteiger partial charge in [0.2, 0.25) is 0 Å². The Morgan fingerprint density at radius 2 is 2.14 bits per heavy atom. The summed E-state index contributed by atoms with van der Waals surface area (Å²) in [5, 5.41) is 0. The van der Waals surface area contributed by atoms with Gasteiger partial charge in [0, 0.05) is 4.47 Å². The number of hydrogen-bond donors (Lipinski definition) is 1. The van der Waals surface area contributed by atoms with E-state index in [1.165, 1.54) is 0 Å². The zero-order chi connectivity index (χ0) is 10.7. The smallest absolute Gasteiger partial charge is 0.253 e. The molecule has 0 aliphatic rings. The molecule has 1 aromatic carbocycles. The molecule has 1 aromatic rings. The lowest BCUT2D eigenvalue weighted by atomic mass is 10.2. The second-order valence-corrected chi connectivity index (χ2v) is 4.00. The van der Waals surface area contributed by atoms with Gasteiger partial charge in [-0.3, -0.25) is 4.79 Å². The van der Waals surface area contributed by atoms with Crippen LogP contribution in [0, 0.1) is 0 Å². The highest BCUT2D eigenvalue weighted by atomic mass is 79.9. The molecular formula is C10H12BrNO2. The highest BCUT2D eigenvalue weighted by molar-refractivity contribution is 9.10. The number of halogens is 1. The van der Waals surface area contributed by atoms with Crippen molar-refractivity contribution in [2.24, 2.45) is 5.73 Å². The molecule has 0 fully saturated rings. The molecule has 0 bridgehead atoms. The zero-order valence-electron chi connectivity index (χ0n) is 8.08. The van der Waals surface area contributed by atoms with Crippen molar-refractivity contribution in [2.45, 2.75) is 20.0 Å². The molecule has 0 aromatic heterocycles. The molecule has 76 valence electrons. The highest BCUT2D eigenvalue weighted by Crippen LogP contribution is 2.26. The first-order valence-corrected chi connectivity index (χ1v) is 5.06. The molecule has 2 N–H and O–H groups in total. The molecule has 0 heterocycles. The summed E-state index contributed by atoms with van der Waals surface area (Å²) in [6, 6.07) is 5.28. The normalized spacial score (nSPS) is 10.3. The number of benzene rings is 1. The Balaban J connectivity index is 3.14. The van der Waals surface area contributed by atoms with Gasteiger partial charge >= 0.3 is 0 Å². The van der Waals surface area contributed by atoms with Crippen molar-refractivity contribution < 1.29 is 9.53 Å². The summed E-state index contributed by atoms with van der Waals surface area (Å²) >= 11 is 3.26. The topological polar surface area (TPSA) is 52.3 Å². The van der Waals surface area contributed by atoms with Crippen molar-refractivity contribution in [3.05, 3.63) is 28.2 Å². The van der Waals surface area contributed by atoms with E-state index in [4.69, 9.17) is 10.5 Å². The van der Waals surface area contributed by atoms with Crippen LogP contribution < -0.4 is 10.5 Å². The second-order valence-electron chi connectivity index (χ2n) is 3.14. The Kier molecular flexibility index (Phi) is 3.52. The average molecular weight is 258 g/mol. The Morgan fingerprint density at radius 1 is 1.50 bits per heavy atom. The molecule has 0 spiro atoms. The third-order valence-electron chi connectivity index (χ3n) is 1.58. The molecule has 4 heteroatoms. The number of rotatable bonds is 3. The number of carbonyl (C=O) groups excluding carboxylic acids is 1. The lowest BCUT2D eigenvalue weighted by Crippen LogP contribution is -2.16. The third kappa shape index (κ3) is 2.48. The number of amides is 1. The van der Waals surface area contributed by atoms with Crippen molar-refractivity contribution in [2.75, 3.05) is 0 Å². The van der Waals surface area contributed by atoms with Gasteiger partial charge in [0.15, 0.2) is 0 Å². The summed E-state index contributed by atoms with van der Waals surface area (Å²) in [4.78, 5) is 11.1. The zero-order valence-corrected chi connectivity index (χ0v) is 9.67. The molecule has 1 amide bonds. The number of hydrogen-bond acceptors (Lipinski definition) is 2. The lowest BCUT2D eigenvalue weighted by molar-refractivity contribution is 0.0994. The molecule has 0 aliphatic heterocycles. The van der Waals surface area contributed by atoms with E-state index in [1.807, 2.05) is 13.8 Å². The van der Waals surface area contributed by atoms with E-state index in [9.17, 15) is 4.79 Å². The standard InChI is InChI=1S/C10H12BrNO2/c1-6(2)14-8-5-3-4-7(11)9(8)10(12)13/h3-6H,1-2H3,(H2,12,13). The maximum absolute atomic E-state index is 11.1. The quantitative estimate of drug-likeness (QED) is 0.904. The van der Waals surface area contributed by atoms with Gasteiger partial charge in [-0.05, 0) is 41.9 Å². The van der Waals surface area contributed by atoms with Crippen LogP contribution >= 0.6 is 15.9 Å². The SMILES string of the molecule is CC(C)Oc1cccc(Br)c1C(N)=O. The van der Waals surface area contributed by atoms with Crippen molar-refractivity contribution in [1.82, 2.24) is 0 Å². The summed E-state index contributed by atoms with van der Waals surface area (Å²) in [5.41, 5.74) is 5.63. The predicted octanol–water partition coefficient (Wildman–Crippen LogP) is 2.34. The van der Waals surface area contributed by atoms with Crippen LogP contribution in [-0.4, -0.2) is 12.0 Å². The van der Waals surface area contributed by atoms with E-state index < -0.39 is 5.91 Å². The monoisotopic (exact) mass is 257 g/mol. The molecule has 3 nitrogen and oxygen atoms in total. The van der Waals surface area contributed by atoms with E-state index in [2.05, 4.69) is 15.9 Å². The van der Waals surface area contributed by atoms with Crippen LogP contribution in [0.25, 0.3) is 0 Å². The molecule has 0 saturated heterocycles. The minimum Gasteiger partial charge on any atom is -0.490 e. The molecule has 0 aliphatic carbocycles. The third-order valence-corrected chi connectivity index (χ3v) is 2.25. The van der Waals surface area contributed by atoms with E-state index >= 15 is 0 Å². The fourth-order valence-electron chi connectivity index (χ4n) is 1.10. The minimum atomic E-state index is -0.492. The first kappa shape index (κ1) is 11.0. The summed E-state index contributed by atoms with van der Waals surface area (Å²) in [5.74, 6) is 0.0231. The van der Waals surface area contributed by atoms with Crippen LogP contribution in [0.1, 0.15) is 24.2 Å². The van der Waals surface area contributed by atoms with Gasteiger partial charge in [0.25, 0.3) is 5.91 Å². The van der Waals surface area contributed by atoms with E-state index in [0.29, 0.717) is 15.8 Å². The highest BCUT2D eigenvalue weighted by Gasteiger charge is 2.13. The van der Waals surface area contributed by atoms with Crippen LogP contribution in [0.15, 0.2) is 22.7 Å². The van der Waals surface area contributed by atoms with Crippen molar-refractivity contribution in [3.63, 3.8) is 0 Å². The Bertz CT molecular complexity index is 350. The van der Waals surface area contributed by atoms with Gasteiger partial charge in [-0.1, -0.05) is 6.07 Å². The van der Waals surface area contributed by atoms with Crippen molar-refractivity contribution in [3.8, 4) is 5.75 Å². The average Bonchev–Trinajstić information content (AvgIpc) is 2.01. The molecule has 1 rings (SSSR count). The fourth-order valence-corrected chi connectivity index (χ4v) is 1.64. The maximum Gasteiger partial charge on any atom is 0.253 e. The number of nitrogens with two attached hydrogens (primary N) is 1. The summed E-state index contributed by atoms with van der Waals surface area (Å²) in [7, 11) is 0. The molecule has 14 heavy (non-hydrogen) atoms. The van der Waals surface area contributed by atoms with Crippen molar-refractivity contribution >= 4 is 21.8 Å². The van der Waals surface area contributed by atoms with E-state index in [0.717, 1.165) is 0 Å². The molecule has 0 atom stereocenters. The molecule has 0 unspecified atom stereocenters. The second kappa shape index (κ2) is 4.46. The fraction of sp³-hybridized carbons (Fsp3) is 0.300. The number of carbonyl (C=O) groups is 1. The molecule has 0 radical (unpaired) electrons. The Hall–Kier alpha value is -1.03. The van der Waals surface area contributed by atoms with Crippen molar-refractivity contribution in [1.29, 1.82) is 0 Å². The van der Waals surface area contributed by atoms with Crippen LogP contribution in [0.2, 0.25) is 0 Å². The minimum absolute atomic E-state index is 0.0161. The maximum atomic E-state index is 11.1. The van der Waals surface area contributed by atoms with Crippen LogP contribution in [0.3, 0.4) is 0 Å². The van der Waals surface area contributed by atoms with Gasteiger partial charge in [-0.2, -0.15) is 0 Å².